The van der Waals surface area contributed by atoms with Gasteiger partial charge in [-0.15, -0.1) is 0 Å². The van der Waals surface area contributed by atoms with E-state index in [1.54, 1.807) is 24.3 Å². The Labute approximate surface area is 107 Å². The Morgan fingerprint density at radius 3 is 2.78 bits per heavy atom. The molecule has 0 aliphatic rings. The Kier molecular flexibility index (Phi) is 5.87. The minimum atomic E-state index is -0.149. The van der Waals surface area contributed by atoms with Crippen LogP contribution in [0.25, 0.3) is 0 Å². The highest BCUT2D eigenvalue weighted by molar-refractivity contribution is 5.97. The Morgan fingerprint density at radius 1 is 1.33 bits per heavy atom. The van der Waals surface area contributed by atoms with E-state index < -0.39 is 0 Å². The van der Waals surface area contributed by atoms with E-state index in [-0.39, 0.29) is 18.2 Å². The fourth-order valence-electron chi connectivity index (χ4n) is 1.43. The molecular formula is C13H19N3O2. The van der Waals surface area contributed by atoms with Crippen LogP contribution in [0.5, 0.6) is 0 Å². The van der Waals surface area contributed by atoms with E-state index in [2.05, 4.69) is 10.6 Å². The topological polar surface area (TPSA) is 84.2 Å². The van der Waals surface area contributed by atoms with Crippen LogP contribution in [0.1, 0.15) is 30.1 Å². The van der Waals surface area contributed by atoms with Gasteiger partial charge < -0.3 is 16.4 Å². The summed E-state index contributed by atoms with van der Waals surface area (Å²) in [5, 5.41) is 5.48. The monoisotopic (exact) mass is 249 g/mol. The lowest BCUT2D eigenvalue weighted by atomic mass is 10.2. The molecule has 5 heteroatoms. The number of carbonyl (C=O) groups excluding carboxylic acids is 2. The maximum Gasteiger partial charge on any atom is 0.251 e. The lowest BCUT2D eigenvalue weighted by Crippen LogP contribution is -2.24. The standard InChI is InChI=1S/C13H19N3O2/c1-2-8-15-13(18)10-4-3-5-11(9-10)16-12(17)6-7-14/h3-5,9H,2,6-8,14H2,1H3,(H,15,18)(H,16,17). The molecule has 18 heavy (non-hydrogen) atoms. The van der Waals surface area contributed by atoms with E-state index in [1.807, 2.05) is 6.92 Å². The summed E-state index contributed by atoms with van der Waals surface area (Å²) in [6.45, 7) is 2.94. The third-order valence-corrected chi connectivity index (χ3v) is 2.32. The van der Waals surface area contributed by atoms with E-state index in [1.165, 1.54) is 0 Å². The molecule has 0 spiro atoms. The SMILES string of the molecule is CCCNC(=O)c1cccc(NC(=O)CCN)c1. The van der Waals surface area contributed by atoms with Crippen LogP contribution in [0.4, 0.5) is 5.69 Å². The number of hydrogen-bond acceptors (Lipinski definition) is 3. The Bertz CT molecular complexity index is 418. The normalized spacial score (nSPS) is 9.89. The number of nitrogens with two attached hydrogens (primary N) is 1. The molecule has 5 nitrogen and oxygen atoms in total. The average Bonchev–Trinajstić information content (AvgIpc) is 2.36. The summed E-state index contributed by atoms with van der Waals surface area (Å²) in [5.74, 6) is -0.282. The van der Waals surface area contributed by atoms with Crippen LogP contribution in [-0.4, -0.2) is 24.9 Å². The first-order valence-corrected chi connectivity index (χ1v) is 6.05. The molecule has 2 amide bonds. The first-order chi connectivity index (χ1) is 8.67. The molecule has 0 radical (unpaired) electrons. The van der Waals surface area contributed by atoms with Crippen molar-refractivity contribution in [1.82, 2.24) is 5.32 Å². The number of amides is 2. The van der Waals surface area contributed by atoms with Gasteiger partial charge in [0.2, 0.25) is 5.91 Å². The summed E-state index contributed by atoms with van der Waals surface area (Å²) in [6.07, 6.45) is 1.16. The summed E-state index contributed by atoms with van der Waals surface area (Å²) in [6, 6.07) is 6.84. The van der Waals surface area contributed by atoms with Crippen molar-refractivity contribution in [2.75, 3.05) is 18.4 Å². The van der Waals surface area contributed by atoms with Crippen LogP contribution in [0.3, 0.4) is 0 Å². The van der Waals surface area contributed by atoms with Crippen molar-refractivity contribution < 1.29 is 9.59 Å². The largest absolute Gasteiger partial charge is 0.352 e. The molecule has 1 rings (SSSR count). The van der Waals surface area contributed by atoms with Crippen LogP contribution < -0.4 is 16.4 Å². The van der Waals surface area contributed by atoms with Gasteiger partial charge >= 0.3 is 0 Å². The molecule has 0 saturated heterocycles. The number of rotatable bonds is 6. The van der Waals surface area contributed by atoms with Gasteiger partial charge in [-0.1, -0.05) is 13.0 Å². The van der Waals surface area contributed by atoms with Crippen molar-refractivity contribution in [3.63, 3.8) is 0 Å². The van der Waals surface area contributed by atoms with Crippen LogP contribution in [0.15, 0.2) is 24.3 Å². The zero-order chi connectivity index (χ0) is 13.4. The van der Waals surface area contributed by atoms with Crippen molar-refractivity contribution in [3.8, 4) is 0 Å². The number of nitrogens with one attached hydrogen (secondary N) is 2. The smallest absolute Gasteiger partial charge is 0.251 e. The summed E-state index contributed by atoms with van der Waals surface area (Å²) >= 11 is 0. The summed E-state index contributed by atoms with van der Waals surface area (Å²) in [7, 11) is 0. The molecule has 0 heterocycles. The molecule has 0 aliphatic carbocycles. The first kappa shape index (κ1) is 14.2. The second-order valence-corrected chi connectivity index (χ2v) is 3.92. The zero-order valence-electron chi connectivity index (χ0n) is 10.5. The Balaban J connectivity index is 2.67. The number of hydrogen-bond donors (Lipinski definition) is 3. The maximum absolute atomic E-state index is 11.7. The maximum atomic E-state index is 11.7. The van der Waals surface area contributed by atoms with Crippen LogP contribution in [0.2, 0.25) is 0 Å². The zero-order valence-corrected chi connectivity index (χ0v) is 10.5. The molecule has 1 aromatic carbocycles. The first-order valence-electron chi connectivity index (χ1n) is 6.05. The average molecular weight is 249 g/mol. The van der Waals surface area contributed by atoms with Gasteiger partial charge in [-0.05, 0) is 24.6 Å². The molecule has 0 saturated carbocycles. The van der Waals surface area contributed by atoms with Crippen LogP contribution in [-0.2, 0) is 4.79 Å². The van der Waals surface area contributed by atoms with E-state index in [0.717, 1.165) is 6.42 Å². The van der Waals surface area contributed by atoms with Gasteiger partial charge in [-0.2, -0.15) is 0 Å². The molecule has 98 valence electrons. The number of carbonyl (C=O) groups is 2. The fraction of sp³-hybridized carbons (Fsp3) is 0.385. The minimum absolute atomic E-state index is 0.133. The summed E-state index contributed by atoms with van der Waals surface area (Å²) in [4.78, 5) is 23.1. The van der Waals surface area contributed by atoms with E-state index in [4.69, 9.17) is 5.73 Å². The number of benzene rings is 1. The second kappa shape index (κ2) is 7.45. The third kappa shape index (κ3) is 4.55. The Morgan fingerprint density at radius 2 is 2.11 bits per heavy atom. The van der Waals surface area contributed by atoms with E-state index in [9.17, 15) is 9.59 Å². The van der Waals surface area contributed by atoms with Crippen LogP contribution in [0, 0.1) is 0 Å². The molecule has 4 N–H and O–H groups in total. The van der Waals surface area contributed by atoms with Crippen LogP contribution >= 0.6 is 0 Å². The van der Waals surface area contributed by atoms with Gasteiger partial charge in [0.15, 0.2) is 0 Å². The highest BCUT2D eigenvalue weighted by Gasteiger charge is 2.06. The highest BCUT2D eigenvalue weighted by Crippen LogP contribution is 2.10. The molecule has 0 bridgehead atoms. The van der Waals surface area contributed by atoms with Gasteiger partial charge in [0.25, 0.3) is 5.91 Å². The van der Waals surface area contributed by atoms with E-state index >= 15 is 0 Å². The highest BCUT2D eigenvalue weighted by atomic mass is 16.2. The van der Waals surface area contributed by atoms with Crippen molar-refractivity contribution in [2.24, 2.45) is 5.73 Å². The van der Waals surface area contributed by atoms with Crippen molar-refractivity contribution in [1.29, 1.82) is 0 Å². The molecular weight excluding hydrogens is 230 g/mol. The second-order valence-electron chi connectivity index (χ2n) is 3.92. The van der Waals surface area contributed by atoms with Gasteiger partial charge in [0, 0.05) is 30.8 Å². The minimum Gasteiger partial charge on any atom is -0.352 e. The van der Waals surface area contributed by atoms with Gasteiger partial charge in [0.1, 0.15) is 0 Å². The lowest BCUT2D eigenvalue weighted by Gasteiger charge is -2.07. The van der Waals surface area contributed by atoms with Gasteiger partial charge in [-0.25, -0.2) is 0 Å². The fourth-order valence-corrected chi connectivity index (χ4v) is 1.43. The predicted octanol–water partition coefficient (Wildman–Crippen LogP) is 1.11. The number of anilines is 1. The molecule has 0 fully saturated rings. The van der Waals surface area contributed by atoms with E-state index in [0.29, 0.717) is 24.3 Å². The molecule has 0 aromatic heterocycles. The van der Waals surface area contributed by atoms with Crippen molar-refractivity contribution in [2.45, 2.75) is 19.8 Å². The summed E-state index contributed by atoms with van der Waals surface area (Å²) in [5.41, 5.74) is 6.44. The third-order valence-electron chi connectivity index (χ3n) is 2.32. The predicted molar refractivity (Wildman–Crippen MR) is 71.4 cm³/mol. The van der Waals surface area contributed by atoms with Crippen molar-refractivity contribution >= 4 is 17.5 Å². The molecule has 0 unspecified atom stereocenters. The van der Waals surface area contributed by atoms with Gasteiger partial charge in [0.05, 0.1) is 0 Å². The summed E-state index contributed by atoms with van der Waals surface area (Å²) < 4.78 is 0. The Hall–Kier alpha value is -1.88. The van der Waals surface area contributed by atoms with Gasteiger partial charge in [-0.3, -0.25) is 9.59 Å². The molecule has 0 atom stereocenters. The lowest BCUT2D eigenvalue weighted by molar-refractivity contribution is -0.116. The molecule has 1 aromatic rings. The van der Waals surface area contributed by atoms with Crippen molar-refractivity contribution in [3.05, 3.63) is 29.8 Å². The molecule has 0 aliphatic heterocycles. The quantitative estimate of drug-likeness (QED) is 0.706.